The zero-order valence-corrected chi connectivity index (χ0v) is 11.8. The van der Waals surface area contributed by atoms with Gasteiger partial charge >= 0.3 is 0 Å². The van der Waals surface area contributed by atoms with Crippen molar-refractivity contribution in [1.29, 1.82) is 0 Å². The van der Waals surface area contributed by atoms with E-state index < -0.39 is 0 Å². The number of hydrogen-bond donors (Lipinski definition) is 1. The smallest absolute Gasteiger partial charge is 0.127 e. The van der Waals surface area contributed by atoms with E-state index in [0.29, 0.717) is 6.61 Å². The molecule has 0 spiro atoms. The molecular weight excluding hydrogens is 228 g/mol. The summed E-state index contributed by atoms with van der Waals surface area (Å²) >= 11 is 0. The second kappa shape index (κ2) is 7.95. The largest absolute Gasteiger partial charge is 0.497 e. The molecule has 0 saturated carbocycles. The minimum absolute atomic E-state index is 0.680. The Morgan fingerprint density at radius 1 is 1.28 bits per heavy atom. The maximum Gasteiger partial charge on any atom is 0.127 e. The van der Waals surface area contributed by atoms with Crippen LogP contribution in [-0.2, 0) is 6.54 Å². The van der Waals surface area contributed by atoms with E-state index in [0.717, 1.165) is 36.7 Å². The first kappa shape index (κ1) is 14.8. The van der Waals surface area contributed by atoms with Gasteiger partial charge < -0.3 is 19.7 Å². The molecule has 0 atom stereocenters. The van der Waals surface area contributed by atoms with Crippen molar-refractivity contribution < 1.29 is 9.47 Å². The van der Waals surface area contributed by atoms with Crippen molar-refractivity contribution in [2.75, 3.05) is 40.9 Å². The van der Waals surface area contributed by atoms with Crippen LogP contribution in [0.25, 0.3) is 0 Å². The minimum atomic E-state index is 0.680. The van der Waals surface area contributed by atoms with Crippen LogP contribution in [-0.4, -0.2) is 45.8 Å². The third-order valence-electron chi connectivity index (χ3n) is 2.64. The van der Waals surface area contributed by atoms with Gasteiger partial charge in [-0.3, -0.25) is 0 Å². The van der Waals surface area contributed by atoms with Crippen molar-refractivity contribution in [3.05, 3.63) is 23.8 Å². The molecule has 4 heteroatoms. The third kappa shape index (κ3) is 4.94. The molecule has 1 aromatic rings. The summed E-state index contributed by atoms with van der Waals surface area (Å²) in [6, 6.07) is 5.96. The van der Waals surface area contributed by atoms with Crippen LogP contribution in [0.2, 0.25) is 0 Å². The summed E-state index contributed by atoms with van der Waals surface area (Å²) < 4.78 is 11.1. The summed E-state index contributed by atoms with van der Waals surface area (Å²) in [6.45, 7) is 5.44. The Labute approximate surface area is 110 Å². The van der Waals surface area contributed by atoms with Crippen LogP contribution >= 0.6 is 0 Å². The molecule has 102 valence electrons. The topological polar surface area (TPSA) is 33.7 Å². The van der Waals surface area contributed by atoms with Gasteiger partial charge in [0.15, 0.2) is 0 Å². The van der Waals surface area contributed by atoms with Crippen LogP contribution in [0.1, 0.15) is 12.5 Å². The molecule has 1 N–H and O–H groups in total. The molecule has 0 fully saturated rings. The summed E-state index contributed by atoms with van der Waals surface area (Å²) in [6.07, 6.45) is 0. The number of hydrogen-bond acceptors (Lipinski definition) is 4. The van der Waals surface area contributed by atoms with Gasteiger partial charge in [0.25, 0.3) is 0 Å². The molecule has 0 bridgehead atoms. The van der Waals surface area contributed by atoms with Gasteiger partial charge in [-0.15, -0.1) is 0 Å². The summed E-state index contributed by atoms with van der Waals surface area (Å²) in [5.74, 6) is 1.73. The molecule has 0 amide bonds. The van der Waals surface area contributed by atoms with Crippen molar-refractivity contribution in [2.24, 2.45) is 0 Å². The van der Waals surface area contributed by atoms with E-state index in [2.05, 4.69) is 17.1 Å². The Balaban J connectivity index is 2.69. The summed E-state index contributed by atoms with van der Waals surface area (Å²) in [5.41, 5.74) is 1.16. The molecule has 1 rings (SSSR count). The highest BCUT2D eigenvalue weighted by atomic mass is 16.5. The summed E-state index contributed by atoms with van der Waals surface area (Å²) in [4.78, 5) is 2.10. The van der Waals surface area contributed by atoms with Gasteiger partial charge in [-0.2, -0.15) is 0 Å². The van der Waals surface area contributed by atoms with Crippen LogP contribution in [0, 0.1) is 0 Å². The minimum Gasteiger partial charge on any atom is -0.497 e. The lowest BCUT2D eigenvalue weighted by atomic mass is 10.2. The van der Waals surface area contributed by atoms with Crippen molar-refractivity contribution in [3.63, 3.8) is 0 Å². The predicted molar refractivity (Wildman–Crippen MR) is 74.4 cm³/mol. The van der Waals surface area contributed by atoms with Crippen LogP contribution in [0.5, 0.6) is 11.5 Å². The second-order valence-electron chi connectivity index (χ2n) is 4.41. The van der Waals surface area contributed by atoms with Gasteiger partial charge in [-0.1, -0.05) is 13.0 Å². The standard InChI is InChI=1S/C14H24N2O2/c1-5-15-11-12-6-7-13(17-4)10-14(12)18-9-8-16(2)3/h6-7,10,15H,5,8-9,11H2,1-4H3. The molecule has 0 radical (unpaired) electrons. The molecule has 0 heterocycles. The zero-order valence-electron chi connectivity index (χ0n) is 11.8. The van der Waals surface area contributed by atoms with Gasteiger partial charge in [0.05, 0.1) is 7.11 Å². The van der Waals surface area contributed by atoms with Gasteiger partial charge in [0.2, 0.25) is 0 Å². The number of benzene rings is 1. The van der Waals surface area contributed by atoms with Crippen LogP contribution < -0.4 is 14.8 Å². The van der Waals surface area contributed by atoms with E-state index in [1.54, 1.807) is 7.11 Å². The zero-order chi connectivity index (χ0) is 13.4. The van der Waals surface area contributed by atoms with Gasteiger partial charge in [-0.25, -0.2) is 0 Å². The molecule has 1 aromatic carbocycles. The van der Waals surface area contributed by atoms with E-state index in [9.17, 15) is 0 Å². The number of rotatable bonds is 8. The summed E-state index contributed by atoms with van der Waals surface area (Å²) in [7, 11) is 5.74. The normalized spacial score (nSPS) is 10.7. The first-order chi connectivity index (χ1) is 8.67. The Bertz CT molecular complexity index is 354. The Morgan fingerprint density at radius 3 is 2.67 bits per heavy atom. The van der Waals surface area contributed by atoms with E-state index in [1.807, 2.05) is 32.3 Å². The third-order valence-corrected chi connectivity index (χ3v) is 2.64. The molecule has 0 aliphatic carbocycles. The first-order valence-corrected chi connectivity index (χ1v) is 6.32. The lowest BCUT2D eigenvalue weighted by molar-refractivity contribution is 0.258. The van der Waals surface area contributed by atoms with Gasteiger partial charge in [0, 0.05) is 24.7 Å². The molecular formula is C14H24N2O2. The number of ether oxygens (including phenoxy) is 2. The predicted octanol–water partition coefficient (Wildman–Crippen LogP) is 1.75. The molecule has 0 aliphatic heterocycles. The number of likely N-dealkylation sites (N-methyl/N-ethyl adjacent to an activating group) is 1. The highest BCUT2D eigenvalue weighted by Gasteiger charge is 2.05. The highest BCUT2D eigenvalue weighted by Crippen LogP contribution is 2.24. The van der Waals surface area contributed by atoms with Crippen molar-refractivity contribution in [1.82, 2.24) is 10.2 Å². The van der Waals surface area contributed by atoms with E-state index in [4.69, 9.17) is 9.47 Å². The average Bonchev–Trinajstić information content (AvgIpc) is 2.36. The molecule has 0 saturated heterocycles. The average molecular weight is 252 g/mol. The van der Waals surface area contributed by atoms with Crippen molar-refractivity contribution in [2.45, 2.75) is 13.5 Å². The number of nitrogens with one attached hydrogen (secondary N) is 1. The van der Waals surface area contributed by atoms with E-state index in [1.165, 1.54) is 0 Å². The fourth-order valence-corrected chi connectivity index (χ4v) is 1.54. The lowest BCUT2D eigenvalue weighted by Gasteiger charge is -2.15. The van der Waals surface area contributed by atoms with Crippen LogP contribution in [0.3, 0.4) is 0 Å². The monoisotopic (exact) mass is 252 g/mol. The van der Waals surface area contributed by atoms with Crippen molar-refractivity contribution >= 4 is 0 Å². The van der Waals surface area contributed by atoms with E-state index >= 15 is 0 Å². The Morgan fingerprint density at radius 2 is 2.06 bits per heavy atom. The molecule has 0 aliphatic rings. The number of methoxy groups -OCH3 is 1. The van der Waals surface area contributed by atoms with Gasteiger partial charge in [0.1, 0.15) is 18.1 Å². The van der Waals surface area contributed by atoms with Crippen molar-refractivity contribution in [3.8, 4) is 11.5 Å². The van der Waals surface area contributed by atoms with Crippen LogP contribution in [0.15, 0.2) is 18.2 Å². The Kier molecular flexibility index (Phi) is 6.54. The molecule has 4 nitrogen and oxygen atoms in total. The first-order valence-electron chi connectivity index (χ1n) is 6.32. The van der Waals surface area contributed by atoms with Gasteiger partial charge in [-0.05, 0) is 26.7 Å². The van der Waals surface area contributed by atoms with Crippen LogP contribution in [0.4, 0.5) is 0 Å². The fraction of sp³-hybridized carbons (Fsp3) is 0.571. The quantitative estimate of drug-likeness (QED) is 0.764. The Hall–Kier alpha value is -1.26. The second-order valence-corrected chi connectivity index (χ2v) is 4.41. The molecule has 18 heavy (non-hydrogen) atoms. The maximum absolute atomic E-state index is 5.83. The number of nitrogens with zero attached hydrogens (tertiary/aromatic N) is 1. The fourth-order valence-electron chi connectivity index (χ4n) is 1.54. The lowest BCUT2D eigenvalue weighted by Crippen LogP contribution is -2.20. The highest BCUT2D eigenvalue weighted by molar-refractivity contribution is 5.40. The molecule has 0 aromatic heterocycles. The molecule has 0 unspecified atom stereocenters. The van der Waals surface area contributed by atoms with E-state index in [-0.39, 0.29) is 0 Å². The maximum atomic E-state index is 5.83. The summed E-state index contributed by atoms with van der Waals surface area (Å²) in [5, 5.41) is 3.31. The SMILES string of the molecule is CCNCc1ccc(OC)cc1OCCN(C)C.